The van der Waals surface area contributed by atoms with Crippen LogP contribution in [0, 0.1) is 0 Å². The Hall–Kier alpha value is -2.36. The van der Waals surface area contributed by atoms with Gasteiger partial charge in [-0.15, -0.1) is 0 Å². The molecular weight excluding hydrogens is 394 g/mol. The molecule has 2 heterocycles. The summed E-state index contributed by atoms with van der Waals surface area (Å²) >= 11 is 1.58. The fourth-order valence-corrected chi connectivity index (χ4v) is 4.51. The van der Waals surface area contributed by atoms with Crippen LogP contribution in [0.25, 0.3) is 22.1 Å². The van der Waals surface area contributed by atoms with Gasteiger partial charge in [-0.05, 0) is 36.8 Å². The van der Waals surface area contributed by atoms with Gasteiger partial charge in [-0.2, -0.15) is 0 Å². The Labute approximate surface area is 167 Å². The predicted octanol–water partition coefficient (Wildman–Crippen LogP) is 3.65. The van der Waals surface area contributed by atoms with E-state index in [1.807, 2.05) is 24.3 Å². The molecule has 0 bridgehead atoms. The minimum atomic E-state index is -3.75. The number of para-hydroxylation sites is 2. The third-order valence-electron chi connectivity index (χ3n) is 4.57. The van der Waals surface area contributed by atoms with Gasteiger partial charge in [0.15, 0.2) is 5.16 Å². The molecule has 0 amide bonds. The van der Waals surface area contributed by atoms with Crippen molar-refractivity contribution in [2.45, 2.75) is 42.1 Å². The third kappa shape index (κ3) is 3.78. The van der Waals surface area contributed by atoms with Crippen LogP contribution < -0.4 is 5.14 Å². The van der Waals surface area contributed by atoms with Gasteiger partial charge in [0.25, 0.3) is 0 Å². The summed E-state index contributed by atoms with van der Waals surface area (Å²) in [5, 5.41) is 6.10. The maximum Gasteiger partial charge on any atom is 0.238 e. The number of H-pyrrole nitrogens is 1. The second-order valence-corrected chi connectivity index (χ2v) is 9.10. The number of benzene rings is 2. The molecule has 0 aliphatic heterocycles. The number of sulfonamides is 1. The van der Waals surface area contributed by atoms with E-state index in [0.29, 0.717) is 11.3 Å². The van der Waals surface area contributed by atoms with E-state index in [2.05, 4.69) is 26.4 Å². The monoisotopic (exact) mass is 415 g/mol. The van der Waals surface area contributed by atoms with E-state index in [1.165, 1.54) is 6.07 Å². The lowest BCUT2D eigenvalue weighted by molar-refractivity contribution is 0.598. The lowest BCUT2D eigenvalue weighted by Crippen LogP contribution is -2.11. The van der Waals surface area contributed by atoms with Crippen LogP contribution in [0.2, 0.25) is 0 Å². The average Bonchev–Trinajstić information content (AvgIpc) is 3.23. The molecule has 0 saturated heterocycles. The molecule has 0 radical (unpaired) electrons. The predicted molar refractivity (Wildman–Crippen MR) is 112 cm³/mol. The van der Waals surface area contributed by atoms with Crippen molar-refractivity contribution in [3.8, 4) is 0 Å². The molecule has 146 valence electrons. The molecule has 2 aromatic heterocycles. The van der Waals surface area contributed by atoms with Gasteiger partial charge < -0.3 is 9.55 Å². The maximum absolute atomic E-state index is 11.7. The summed E-state index contributed by atoms with van der Waals surface area (Å²) in [6.45, 7) is 2.97. The van der Waals surface area contributed by atoms with E-state index in [1.54, 1.807) is 23.9 Å². The van der Waals surface area contributed by atoms with Crippen LogP contribution >= 0.6 is 11.8 Å². The number of nitrogens with two attached hydrogens (primary N) is 1. The topological polar surface area (TPSA) is 107 Å². The number of nitrogens with zero attached hydrogens (tertiary/aromatic N) is 3. The SMILES string of the molecule is CCCCn1c(CSc2nc3ccccc3[nH]2)nc2cc(S(N)(=O)=O)ccc21. The number of aryl methyl sites for hydroxylation is 1. The van der Waals surface area contributed by atoms with Crippen LogP contribution in [0.1, 0.15) is 25.6 Å². The summed E-state index contributed by atoms with van der Waals surface area (Å²) in [6.07, 6.45) is 2.08. The number of aromatic amines is 1. The molecule has 7 nitrogen and oxygen atoms in total. The zero-order valence-corrected chi connectivity index (χ0v) is 17.1. The lowest BCUT2D eigenvalue weighted by Gasteiger charge is -2.08. The smallest absolute Gasteiger partial charge is 0.238 e. The molecule has 2 aromatic carbocycles. The number of thioether (sulfide) groups is 1. The molecule has 0 saturated carbocycles. The number of hydrogen-bond donors (Lipinski definition) is 2. The molecular formula is C19H21N5O2S2. The van der Waals surface area contributed by atoms with Crippen LogP contribution in [0.3, 0.4) is 0 Å². The number of nitrogens with one attached hydrogen (secondary N) is 1. The quantitative estimate of drug-likeness (QED) is 0.448. The summed E-state index contributed by atoms with van der Waals surface area (Å²) in [4.78, 5) is 12.7. The Morgan fingerprint density at radius 2 is 1.96 bits per heavy atom. The van der Waals surface area contributed by atoms with Gasteiger partial charge in [-0.1, -0.05) is 37.2 Å². The highest BCUT2D eigenvalue weighted by Crippen LogP contribution is 2.26. The van der Waals surface area contributed by atoms with Crippen LogP contribution in [-0.4, -0.2) is 27.9 Å². The minimum absolute atomic E-state index is 0.0802. The van der Waals surface area contributed by atoms with Crippen molar-refractivity contribution < 1.29 is 8.42 Å². The second kappa shape index (κ2) is 7.57. The average molecular weight is 416 g/mol. The Balaban J connectivity index is 1.67. The molecule has 4 rings (SSSR count). The van der Waals surface area contributed by atoms with Gasteiger partial charge in [-0.25, -0.2) is 23.5 Å². The third-order valence-corrected chi connectivity index (χ3v) is 6.35. The first-order valence-electron chi connectivity index (χ1n) is 9.05. The van der Waals surface area contributed by atoms with Crippen molar-refractivity contribution in [3.05, 3.63) is 48.3 Å². The molecule has 3 N–H and O–H groups in total. The van der Waals surface area contributed by atoms with Crippen molar-refractivity contribution in [3.63, 3.8) is 0 Å². The zero-order valence-electron chi connectivity index (χ0n) is 15.4. The van der Waals surface area contributed by atoms with Crippen LogP contribution in [0.15, 0.2) is 52.5 Å². The summed E-state index contributed by atoms with van der Waals surface area (Å²) in [7, 11) is -3.75. The van der Waals surface area contributed by atoms with Crippen LogP contribution in [0.5, 0.6) is 0 Å². The maximum atomic E-state index is 11.7. The van der Waals surface area contributed by atoms with E-state index in [9.17, 15) is 8.42 Å². The molecule has 0 aliphatic carbocycles. The molecule has 0 spiro atoms. The second-order valence-electron chi connectivity index (χ2n) is 6.58. The summed E-state index contributed by atoms with van der Waals surface area (Å²) in [5.74, 6) is 1.52. The van der Waals surface area contributed by atoms with Gasteiger partial charge in [0.2, 0.25) is 10.0 Å². The Bertz CT molecular complexity index is 1210. The Kier molecular flexibility index (Phi) is 5.13. The van der Waals surface area contributed by atoms with E-state index in [4.69, 9.17) is 5.14 Å². The van der Waals surface area contributed by atoms with Crippen molar-refractivity contribution in [1.29, 1.82) is 0 Å². The minimum Gasteiger partial charge on any atom is -0.333 e. The van der Waals surface area contributed by atoms with Gasteiger partial charge in [0.05, 0.1) is 32.7 Å². The summed E-state index contributed by atoms with van der Waals surface area (Å²) < 4.78 is 25.5. The Morgan fingerprint density at radius 1 is 1.14 bits per heavy atom. The normalized spacial score (nSPS) is 12.2. The first-order valence-corrected chi connectivity index (χ1v) is 11.6. The molecule has 4 aromatic rings. The number of hydrogen-bond acceptors (Lipinski definition) is 5. The van der Waals surface area contributed by atoms with E-state index < -0.39 is 10.0 Å². The standard InChI is InChI=1S/C19H21N5O2S2/c1-2-3-10-24-17-9-8-13(28(20,25)26)11-16(17)21-18(24)12-27-19-22-14-6-4-5-7-15(14)23-19/h4-9,11H,2-3,10,12H2,1H3,(H,22,23)(H2,20,25,26). The first kappa shape index (κ1) is 19.0. The van der Waals surface area contributed by atoms with Crippen molar-refractivity contribution in [1.82, 2.24) is 19.5 Å². The number of unbranched alkanes of at least 4 members (excludes halogenated alkanes) is 1. The highest BCUT2D eigenvalue weighted by molar-refractivity contribution is 7.98. The fraction of sp³-hybridized carbons (Fsp3) is 0.263. The molecule has 28 heavy (non-hydrogen) atoms. The van der Waals surface area contributed by atoms with Crippen molar-refractivity contribution in [2.75, 3.05) is 0 Å². The lowest BCUT2D eigenvalue weighted by atomic mass is 10.3. The van der Waals surface area contributed by atoms with Crippen molar-refractivity contribution >= 4 is 43.9 Å². The molecule has 0 unspecified atom stereocenters. The van der Waals surface area contributed by atoms with E-state index in [0.717, 1.165) is 46.9 Å². The largest absolute Gasteiger partial charge is 0.333 e. The van der Waals surface area contributed by atoms with Gasteiger partial charge in [0.1, 0.15) is 5.82 Å². The summed E-state index contributed by atoms with van der Waals surface area (Å²) in [5.41, 5.74) is 3.49. The van der Waals surface area contributed by atoms with E-state index in [-0.39, 0.29) is 4.90 Å². The summed E-state index contributed by atoms with van der Waals surface area (Å²) in [6, 6.07) is 12.8. The number of aromatic nitrogens is 4. The molecule has 9 heteroatoms. The molecule has 0 fully saturated rings. The van der Waals surface area contributed by atoms with Crippen LogP contribution in [-0.2, 0) is 22.3 Å². The first-order chi connectivity index (χ1) is 13.5. The fourth-order valence-electron chi connectivity index (χ4n) is 3.14. The Morgan fingerprint density at radius 3 is 2.71 bits per heavy atom. The zero-order chi connectivity index (χ0) is 19.7. The highest BCUT2D eigenvalue weighted by atomic mass is 32.2. The molecule has 0 atom stereocenters. The van der Waals surface area contributed by atoms with Crippen molar-refractivity contribution in [2.24, 2.45) is 5.14 Å². The number of rotatable bonds is 7. The van der Waals surface area contributed by atoms with Crippen LogP contribution in [0.4, 0.5) is 0 Å². The number of fused-ring (bicyclic) bond motifs is 2. The number of primary sulfonamides is 1. The van der Waals surface area contributed by atoms with Gasteiger partial charge in [-0.3, -0.25) is 0 Å². The highest BCUT2D eigenvalue weighted by Gasteiger charge is 2.15. The van der Waals surface area contributed by atoms with E-state index >= 15 is 0 Å². The molecule has 0 aliphatic rings. The number of imidazole rings is 2. The van der Waals surface area contributed by atoms with Gasteiger partial charge >= 0.3 is 0 Å². The van der Waals surface area contributed by atoms with Gasteiger partial charge in [0, 0.05) is 6.54 Å².